The van der Waals surface area contributed by atoms with Crippen LogP contribution in [-0.4, -0.2) is 34.4 Å². The molecule has 0 heterocycles. The minimum atomic E-state index is -4.80. The fourth-order valence-electron chi connectivity index (χ4n) is 2.46. The Hall–Kier alpha value is -4.23. The molecule has 2 aromatic carbocycles. The Kier molecular flexibility index (Phi) is 7.30. The van der Waals surface area contributed by atoms with E-state index in [1.165, 1.54) is 25.1 Å². The molecule has 0 aliphatic heterocycles. The van der Waals surface area contributed by atoms with Gasteiger partial charge in [0, 0.05) is 12.1 Å². The maximum atomic E-state index is 12.8. The summed E-state index contributed by atoms with van der Waals surface area (Å²) in [5, 5.41) is 26.6. The quantitative estimate of drug-likeness (QED) is 0.348. The number of halogens is 3. The van der Waals surface area contributed by atoms with Crippen LogP contribution in [0.25, 0.3) is 0 Å². The molecule has 32 heavy (non-hydrogen) atoms. The molecule has 14 heteroatoms. The molecule has 170 valence electrons. The van der Waals surface area contributed by atoms with Crippen LogP contribution in [-0.2, 0) is 20.5 Å². The number of carbonyl (C=O) groups excluding carboxylic acids is 2. The van der Waals surface area contributed by atoms with Crippen LogP contribution in [0.4, 0.5) is 35.9 Å². The smallest absolute Gasteiger partial charge is 0.416 e. The highest BCUT2D eigenvalue weighted by Crippen LogP contribution is 2.35. The zero-order valence-electron chi connectivity index (χ0n) is 16.2. The van der Waals surface area contributed by atoms with Gasteiger partial charge in [0.15, 0.2) is 6.61 Å². The lowest BCUT2D eigenvalue weighted by molar-refractivity contribution is -0.384. The Morgan fingerprint density at radius 2 is 1.66 bits per heavy atom. The fraction of sp³-hybridized carbons (Fsp3) is 0.222. The average Bonchev–Trinajstić information content (AvgIpc) is 2.71. The van der Waals surface area contributed by atoms with Crippen LogP contribution in [0.3, 0.4) is 0 Å². The Labute approximate surface area is 177 Å². The first kappa shape index (κ1) is 24.0. The first-order valence-corrected chi connectivity index (χ1v) is 8.72. The average molecular weight is 456 g/mol. The molecule has 0 radical (unpaired) electrons. The Morgan fingerprint density at radius 1 is 1.03 bits per heavy atom. The van der Waals surface area contributed by atoms with E-state index in [-0.39, 0.29) is 17.1 Å². The number of nitro groups is 2. The molecule has 0 aliphatic carbocycles. The topological polar surface area (TPSA) is 154 Å². The van der Waals surface area contributed by atoms with Crippen LogP contribution in [0.15, 0.2) is 42.5 Å². The number of para-hydroxylation sites is 2. The van der Waals surface area contributed by atoms with E-state index in [1.54, 1.807) is 0 Å². The van der Waals surface area contributed by atoms with Crippen molar-refractivity contribution in [3.8, 4) is 0 Å². The standard InChI is InChI=1S/C18H15F3N4O7/c1-10(22-13-7-6-11(18(19,20)21)8-15(13)25(30)31)17(27)32-9-16(26)23-12-4-2-3-5-14(12)24(28)29/h2-8,10,22H,9H2,1H3,(H,23,26). The summed E-state index contributed by atoms with van der Waals surface area (Å²) < 4.78 is 43.0. The molecular formula is C18H15F3N4O7. The second-order valence-corrected chi connectivity index (χ2v) is 6.28. The lowest BCUT2D eigenvalue weighted by Crippen LogP contribution is -2.31. The molecular weight excluding hydrogens is 441 g/mol. The third-order valence-corrected chi connectivity index (χ3v) is 3.97. The third kappa shape index (κ3) is 6.13. The molecule has 0 saturated carbocycles. The van der Waals surface area contributed by atoms with Crippen molar-refractivity contribution in [3.05, 3.63) is 68.3 Å². The van der Waals surface area contributed by atoms with Crippen molar-refractivity contribution in [2.24, 2.45) is 0 Å². The van der Waals surface area contributed by atoms with E-state index in [1.807, 2.05) is 0 Å². The third-order valence-electron chi connectivity index (χ3n) is 3.97. The van der Waals surface area contributed by atoms with Gasteiger partial charge in [-0.2, -0.15) is 13.2 Å². The van der Waals surface area contributed by atoms with Crippen LogP contribution in [0.5, 0.6) is 0 Å². The van der Waals surface area contributed by atoms with Crippen LogP contribution < -0.4 is 10.6 Å². The maximum absolute atomic E-state index is 12.8. The number of hydrogen-bond acceptors (Lipinski definition) is 8. The van der Waals surface area contributed by atoms with Gasteiger partial charge in [-0.1, -0.05) is 12.1 Å². The number of nitro benzene ring substituents is 2. The van der Waals surface area contributed by atoms with Crippen molar-refractivity contribution in [1.82, 2.24) is 0 Å². The predicted octanol–water partition coefficient (Wildman–Crippen LogP) is 3.50. The lowest BCUT2D eigenvalue weighted by atomic mass is 10.1. The van der Waals surface area contributed by atoms with Gasteiger partial charge in [0.25, 0.3) is 17.3 Å². The molecule has 0 fully saturated rings. The molecule has 1 unspecified atom stereocenters. The number of benzene rings is 2. The molecule has 2 N–H and O–H groups in total. The number of esters is 1. The fourth-order valence-corrected chi connectivity index (χ4v) is 2.46. The zero-order valence-corrected chi connectivity index (χ0v) is 16.2. The van der Waals surface area contributed by atoms with Crippen LogP contribution in [0, 0.1) is 20.2 Å². The van der Waals surface area contributed by atoms with Crippen molar-refractivity contribution < 1.29 is 37.3 Å². The highest BCUT2D eigenvalue weighted by Gasteiger charge is 2.33. The predicted molar refractivity (Wildman–Crippen MR) is 104 cm³/mol. The van der Waals surface area contributed by atoms with Gasteiger partial charge in [0.05, 0.1) is 15.4 Å². The van der Waals surface area contributed by atoms with E-state index >= 15 is 0 Å². The molecule has 11 nitrogen and oxygen atoms in total. The van der Waals surface area contributed by atoms with Crippen molar-refractivity contribution >= 4 is 34.6 Å². The molecule has 0 bridgehead atoms. The van der Waals surface area contributed by atoms with Crippen molar-refractivity contribution in [2.45, 2.75) is 19.1 Å². The number of alkyl halides is 3. The van der Waals surface area contributed by atoms with Gasteiger partial charge in [-0.05, 0) is 25.1 Å². The molecule has 2 rings (SSSR count). The van der Waals surface area contributed by atoms with Crippen LogP contribution in [0.1, 0.15) is 12.5 Å². The summed E-state index contributed by atoms with van der Waals surface area (Å²) in [6.45, 7) is 0.385. The molecule has 0 aromatic heterocycles. The summed E-state index contributed by atoms with van der Waals surface area (Å²) in [6, 6.07) is 5.71. The molecule has 1 amide bonds. The molecule has 0 saturated heterocycles. The lowest BCUT2D eigenvalue weighted by Gasteiger charge is -2.15. The van der Waals surface area contributed by atoms with Gasteiger partial charge in [0.2, 0.25) is 0 Å². The number of ether oxygens (including phenoxy) is 1. The largest absolute Gasteiger partial charge is 0.454 e. The van der Waals surface area contributed by atoms with Crippen LogP contribution >= 0.6 is 0 Å². The van der Waals surface area contributed by atoms with E-state index < -0.39 is 51.8 Å². The summed E-state index contributed by atoms with van der Waals surface area (Å²) >= 11 is 0. The zero-order chi connectivity index (χ0) is 24.1. The number of amides is 1. The molecule has 0 spiro atoms. The second kappa shape index (κ2) is 9.72. The summed E-state index contributed by atoms with van der Waals surface area (Å²) in [4.78, 5) is 44.3. The normalized spacial score (nSPS) is 11.9. The van der Waals surface area contributed by atoms with E-state index in [9.17, 15) is 43.0 Å². The van der Waals surface area contributed by atoms with Crippen LogP contribution in [0.2, 0.25) is 0 Å². The molecule has 0 aliphatic rings. The molecule has 2 aromatic rings. The Morgan fingerprint density at radius 3 is 2.25 bits per heavy atom. The van der Waals surface area contributed by atoms with Gasteiger partial charge in [-0.3, -0.25) is 25.0 Å². The van der Waals surface area contributed by atoms with Gasteiger partial charge in [0.1, 0.15) is 17.4 Å². The van der Waals surface area contributed by atoms with E-state index in [4.69, 9.17) is 4.74 Å². The number of rotatable bonds is 8. The van der Waals surface area contributed by atoms with E-state index in [0.29, 0.717) is 12.1 Å². The van der Waals surface area contributed by atoms with Gasteiger partial charge < -0.3 is 15.4 Å². The first-order chi connectivity index (χ1) is 14.9. The summed E-state index contributed by atoms with van der Waals surface area (Å²) in [7, 11) is 0. The maximum Gasteiger partial charge on any atom is 0.416 e. The summed E-state index contributed by atoms with van der Waals surface area (Å²) in [6.07, 6.45) is -4.80. The first-order valence-electron chi connectivity index (χ1n) is 8.72. The highest BCUT2D eigenvalue weighted by atomic mass is 19.4. The minimum absolute atomic E-state index is 0.120. The number of anilines is 2. The van der Waals surface area contributed by atoms with Gasteiger partial charge >= 0.3 is 12.1 Å². The number of carbonyl (C=O) groups is 2. The Bertz CT molecular complexity index is 1060. The second-order valence-electron chi connectivity index (χ2n) is 6.28. The Balaban J connectivity index is 2.01. The summed E-state index contributed by atoms with van der Waals surface area (Å²) in [5.41, 5.74) is -3.01. The monoisotopic (exact) mass is 456 g/mol. The van der Waals surface area contributed by atoms with E-state index in [2.05, 4.69) is 10.6 Å². The van der Waals surface area contributed by atoms with Crippen molar-refractivity contribution in [3.63, 3.8) is 0 Å². The number of nitrogens with one attached hydrogen (secondary N) is 2. The number of hydrogen-bond donors (Lipinski definition) is 2. The van der Waals surface area contributed by atoms with Crippen molar-refractivity contribution in [1.29, 1.82) is 0 Å². The summed E-state index contributed by atoms with van der Waals surface area (Å²) in [5.74, 6) is -1.93. The van der Waals surface area contributed by atoms with E-state index in [0.717, 1.165) is 12.1 Å². The van der Waals surface area contributed by atoms with Gasteiger partial charge in [-0.25, -0.2) is 4.79 Å². The SMILES string of the molecule is CC(Nc1ccc(C(F)(F)F)cc1[N+](=O)[O-])C(=O)OCC(=O)Nc1ccccc1[N+](=O)[O-]. The van der Waals surface area contributed by atoms with Crippen molar-refractivity contribution in [2.75, 3.05) is 17.2 Å². The highest BCUT2D eigenvalue weighted by molar-refractivity contribution is 5.95. The molecule has 1 atom stereocenters. The van der Waals surface area contributed by atoms with Gasteiger partial charge in [-0.15, -0.1) is 0 Å². The number of nitrogens with zero attached hydrogens (tertiary/aromatic N) is 2. The minimum Gasteiger partial charge on any atom is -0.454 e.